The van der Waals surface area contributed by atoms with E-state index in [1.807, 2.05) is 0 Å². The highest BCUT2D eigenvalue weighted by molar-refractivity contribution is 4.88. The Kier molecular flexibility index (Phi) is 3.22. The molecule has 1 atom stereocenters. The summed E-state index contributed by atoms with van der Waals surface area (Å²) in [6, 6.07) is 0. The van der Waals surface area contributed by atoms with Crippen molar-refractivity contribution in [1.29, 1.82) is 0 Å². The minimum Gasteiger partial charge on any atom is -0.385 e. The predicted octanol–water partition coefficient (Wildman–Crippen LogP) is 1.04. The molecule has 0 saturated heterocycles. The summed E-state index contributed by atoms with van der Waals surface area (Å²) in [7, 11) is 1.79. The van der Waals surface area contributed by atoms with Crippen LogP contribution in [0.25, 0.3) is 0 Å². The van der Waals surface area contributed by atoms with Gasteiger partial charge in [-0.2, -0.15) is 5.10 Å². The van der Waals surface area contributed by atoms with Crippen LogP contribution in [0.1, 0.15) is 38.1 Å². The van der Waals surface area contributed by atoms with Gasteiger partial charge in [-0.3, -0.25) is 4.68 Å². The molecule has 0 amide bonds. The molecule has 68 valence electrons. The Morgan fingerprint density at radius 1 is 1.67 bits per heavy atom. The van der Waals surface area contributed by atoms with Crippen LogP contribution in [0.5, 0.6) is 0 Å². The molecule has 1 aromatic heterocycles. The lowest BCUT2D eigenvalue weighted by Crippen LogP contribution is -2.06. The molecule has 0 aliphatic heterocycles. The molecular weight excluding hydrogens is 154 g/mol. The number of nitrogens with zero attached hydrogens (tertiary/aromatic N) is 3. The molecule has 0 aromatic carbocycles. The Morgan fingerprint density at radius 3 is 2.92 bits per heavy atom. The van der Waals surface area contributed by atoms with Crippen LogP contribution in [0.15, 0.2) is 6.33 Å². The van der Waals surface area contributed by atoms with Gasteiger partial charge in [0.15, 0.2) is 5.82 Å². The summed E-state index contributed by atoms with van der Waals surface area (Å²) >= 11 is 0. The van der Waals surface area contributed by atoms with Crippen LogP contribution in [0.4, 0.5) is 0 Å². The van der Waals surface area contributed by atoms with Gasteiger partial charge in [-0.05, 0) is 6.42 Å². The molecule has 0 fully saturated rings. The highest BCUT2D eigenvalue weighted by Gasteiger charge is 2.11. The van der Waals surface area contributed by atoms with E-state index in [0.717, 1.165) is 19.3 Å². The number of hydrogen-bond donors (Lipinski definition) is 1. The lowest BCUT2D eigenvalue weighted by atomic mass is 10.1. The van der Waals surface area contributed by atoms with Crippen molar-refractivity contribution in [3.8, 4) is 0 Å². The van der Waals surface area contributed by atoms with Crippen molar-refractivity contribution >= 4 is 0 Å². The Hall–Kier alpha value is -0.900. The van der Waals surface area contributed by atoms with E-state index in [1.54, 1.807) is 11.7 Å². The fourth-order valence-electron chi connectivity index (χ4n) is 1.13. The van der Waals surface area contributed by atoms with Crippen molar-refractivity contribution < 1.29 is 5.11 Å². The van der Waals surface area contributed by atoms with Gasteiger partial charge in [-0.15, -0.1) is 0 Å². The maximum Gasteiger partial charge on any atom is 0.155 e. The zero-order valence-corrected chi connectivity index (χ0v) is 7.56. The standard InChI is InChI=1S/C8H15N3O/c1-3-4-5-7(12)8-9-6-10-11(8)2/h6-7,12H,3-5H2,1-2H3/t7-/m1/s1. The second kappa shape index (κ2) is 4.21. The topological polar surface area (TPSA) is 50.9 Å². The second-order valence-corrected chi connectivity index (χ2v) is 2.90. The summed E-state index contributed by atoms with van der Waals surface area (Å²) in [4.78, 5) is 3.97. The third-order valence-corrected chi connectivity index (χ3v) is 1.88. The minimum absolute atomic E-state index is 0.461. The van der Waals surface area contributed by atoms with Crippen molar-refractivity contribution in [2.45, 2.75) is 32.3 Å². The van der Waals surface area contributed by atoms with E-state index < -0.39 is 6.10 Å². The lowest BCUT2D eigenvalue weighted by Gasteiger charge is -2.07. The van der Waals surface area contributed by atoms with Crippen molar-refractivity contribution in [2.24, 2.45) is 7.05 Å². The van der Waals surface area contributed by atoms with Gasteiger partial charge in [0, 0.05) is 7.05 Å². The monoisotopic (exact) mass is 169 g/mol. The molecule has 4 nitrogen and oxygen atoms in total. The van der Waals surface area contributed by atoms with Gasteiger partial charge in [-0.1, -0.05) is 19.8 Å². The SMILES string of the molecule is CCCC[C@@H](O)c1ncnn1C. The molecule has 0 aliphatic rings. The zero-order valence-electron chi connectivity index (χ0n) is 7.56. The van der Waals surface area contributed by atoms with Crippen molar-refractivity contribution in [2.75, 3.05) is 0 Å². The third kappa shape index (κ3) is 2.04. The van der Waals surface area contributed by atoms with E-state index in [1.165, 1.54) is 6.33 Å². The first-order chi connectivity index (χ1) is 5.75. The van der Waals surface area contributed by atoms with E-state index in [9.17, 15) is 5.11 Å². The molecule has 4 heteroatoms. The summed E-state index contributed by atoms with van der Waals surface area (Å²) in [5, 5.41) is 13.5. The van der Waals surface area contributed by atoms with Crippen LogP contribution in [0.3, 0.4) is 0 Å². The molecule has 0 unspecified atom stereocenters. The van der Waals surface area contributed by atoms with Gasteiger partial charge in [0.2, 0.25) is 0 Å². The Balaban J connectivity index is 2.52. The summed E-state index contributed by atoms with van der Waals surface area (Å²) in [5.74, 6) is 0.656. The van der Waals surface area contributed by atoms with Gasteiger partial charge < -0.3 is 5.11 Å². The zero-order chi connectivity index (χ0) is 8.97. The number of unbranched alkanes of at least 4 members (excludes halogenated alkanes) is 1. The van der Waals surface area contributed by atoms with Gasteiger partial charge in [0.1, 0.15) is 12.4 Å². The van der Waals surface area contributed by atoms with Gasteiger partial charge in [0.05, 0.1) is 0 Å². The first-order valence-electron chi connectivity index (χ1n) is 4.27. The predicted molar refractivity (Wildman–Crippen MR) is 45.5 cm³/mol. The normalized spacial score (nSPS) is 13.2. The van der Waals surface area contributed by atoms with E-state index in [4.69, 9.17) is 0 Å². The fourth-order valence-corrected chi connectivity index (χ4v) is 1.13. The van der Waals surface area contributed by atoms with Crippen molar-refractivity contribution in [3.05, 3.63) is 12.2 Å². The molecule has 0 bridgehead atoms. The molecule has 0 aliphatic carbocycles. The highest BCUT2D eigenvalue weighted by Crippen LogP contribution is 2.15. The van der Waals surface area contributed by atoms with Gasteiger partial charge >= 0.3 is 0 Å². The Labute approximate surface area is 72.2 Å². The molecule has 1 rings (SSSR count). The summed E-state index contributed by atoms with van der Waals surface area (Å²) in [5.41, 5.74) is 0. The molecule has 1 heterocycles. The van der Waals surface area contributed by atoms with E-state index in [-0.39, 0.29) is 0 Å². The lowest BCUT2D eigenvalue weighted by molar-refractivity contribution is 0.150. The van der Waals surface area contributed by atoms with Crippen LogP contribution < -0.4 is 0 Å². The Morgan fingerprint density at radius 2 is 2.42 bits per heavy atom. The molecule has 1 N–H and O–H groups in total. The maximum atomic E-state index is 9.60. The summed E-state index contributed by atoms with van der Waals surface area (Å²) < 4.78 is 1.61. The van der Waals surface area contributed by atoms with E-state index in [2.05, 4.69) is 17.0 Å². The van der Waals surface area contributed by atoms with E-state index in [0.29, 0.717) is 5.82 Å². The summed E-state index contributed by atoms with van der Waals surface area (Å²) in [6.45, 7) is 2.10. The summed E-state index contributed by atoms with van der Waals surface area (Å²) in [6.07, 6.45) is 3.88. The molecule has 12 heavy (non-hydrogen) atoms. The first kappa shape index (κ1) is 9.19. The first-order valence-corrected chi connectivity index (χ1v) is 4.27. The largest absolute Gasteiger partial charge is 0.385 e. The molecule has 0 saturated carbocycles. The van der Waals surface area contributed by atoms with Crippen LogP contribution in [-0.4, -0.2) is 19.9 Å². The highest BCUT2D eigenvalue weighted by atomic mass is 16.3. The number of hydrogen-bond acceptors (Lipinski definition) is 3. The quantitative estimate of drug-likeness (QED) is 0.732. The number of aryl methyl sites for hydroxylation is 1. The second-order valence-electron chi connectivity index (χ2n) is 2.90. The van der Waals surface area contributed by atoms with Crippen LogP contribution in [-0.2, 0) is 7.05 Å². The molecular formula is C8H15N3O. The number of aromatic nitrogens is 3. The van der Waals surface area contributed by atoms with Crippen molar-refractivity contribution in [3.63, 3.8) is 0 Å². The number of aliphatic hydroxyl groups excluding tert-OH is 1. The smallest absolute Gasteiger partial charge is 0.155 e. The molecule has 1 aromatic rings. The minimum atomic E-state index is -0.461. The van der Waals surface area contributed by atoms with Gasteiger partial charge in [0.25, 0.3) is 0 Å². The van der Waals surface area contributed by atoms with Crippen LogP contribution in [0, 0.1) is 0 Å². The maximum absolute atomic E-state index is 9.60. The molecule has 0 spiro atoms. The van der Waals surface area contributed by atoms with Crippen LogP contribution in [0.2, 0.25) is 0 Å². The average molecular weight is 169 g/mol. The third-order valence-electron chi connectivity index (χ3n) is 1.88. The fraction of sp³-hybridized carbons (Fsp3) is 0.750. The van der Waals surface area contributed by atoms with E-state index >= 15 is 0 Å². The number of aliphatic hydroxyl groups is 1. The number of rotatable bonds is 4. The average Bonchev–Trinajstić information content (AvgIpc) is 2.47. The van der Waals surface area contributed by atoms with Crippen molar-refractivity contribution in [1.82, 2.24) is 14.8 Å². The van der Waals surface area contributed by atoms with Crippen LogP contribution >= 0.6 is 0 Å². The van der Waals surface area contributed by atoms with Gasteiger partial charge in [-0.25, -0.2) is 4.98 Å². The Bertz CT molecular complexity index is 234. The molecule has 0 radical (unpaired) electrons.